The summed E-state index contributed by atoms with van der Waals surface area (Å²) in [7, 11) is 2.52. The number of rotatable bonds is 8. The predicted octanol–water partition coefficient (Wildman–Crippen LogP) is 2.38. The van der Waals surface area contributed by atoms with E-state index in [-0.39, 0.29) is 11.3 Å². The summed E-state index contributed by atoms with van der Waals surface area (Å²) in [6, 6.07) is 2.56. The minimum Gasteiger partial charge on any atom is -0.496 e. The third-order valence-corrected chi connectivity index (χ3v) is 4.09. The lowest BCUT2D eigenvalue weighted by molar-refractivity contribution is -0.0893. The van der Waals surface area contributed by atoms with Gasteiger partial charge in [-0.15, -0.1) is 0 Å². The topological polar surface area (TPSA) is 91.0 Å². The molecule has 1 aliphatic rings. The van der Waals surface area contributed by atoms with Crippen molar-refractivity contribution in [2.24, 2.45) is 5.73 Å². The standard InChI is InChI=1S/C15H21BF2NO5.C3H6/c1-14(2,21)15(3,4)24-16-8-6-9(22-5)11(12(19)20)10(7-8)23-13(17)18;1-2-3-1/h6-7,13,21H,1-5H3,(H2,19,20);1-3H2. The van der Waals surface area contributed by atoms with Crippen LogP contribution < -0.4 is 20.7 Å². The number of amides is 1. The van der Waals surface area contributed by atoms with Crippen molar-refractivity contribution >= 4 is 18.9 Å². The first-order chi connectivity index (χ1) is 12.4. The molecule has 0 atom stereocenters. The molecule has 27 heavy (non-hydrogen) atoms. The Morgan fingerprint density at radius 2 is 1.70 bits per heavy atom. The quantitative estimate of drug-likeness (QED) is 0.670. The zero-order valence-corrected chi connectivity index (χ0v) is 16.3. The van der Waals surface area contributed by atoms with Crippen molar-refractivity contribution < 1.29 is 32.8 Å². The number of aliphatic hydroxyl groups is 1. The Bertz CT molecular complexity index is 643. The largest absolute Gasteiger partial charge is 0.496 e. The van der Waals surface area contributed by atoms with Crippen LogP contribution in [0.15, 0.2) is 12.1 Å². The molecule has 0 unspecified atom stereocenters. The van der Waals surface area contributed by atoms with Crippen molar-refractivity contribution in [3.8, 4) is 11.5 Å². The van der Waals surface area contributed by atoms with Crippen LogP contribution in [0.3, 0.4) is 0 Å². The molecule has 1 saturated carbocycles. The van der Waals surface area contributed by atoms with E-state index in [0.29, 0.717) is 5.46 Å². The van der Waals surface area contributed by atoms with Gasteiger partial charge in [0, 0.05) is 0 Å². The SMILES string of the molecule is C1CC1.COc1cc([B]OC(C)(C)C(C)(C)O)cc(OC(F)F)c1C(N)=O. The van der Waals surface area contributed by atoms with Crippen molar-refractivity contribution in [1.82, 2.24) is 0 Å². The van der Waals surface area contributed by atoms with Gasteiger partial charge in [0.2, 0.25) is 0 Å². The Hall–Kier alpha value is -1.87. The van der Waals surface area contributed by atoms with Crippen LogP contribution in [0, 0.1) is 0 Å². The maximum Gasteiger partial charge on any atom is 0.387 e. The lowest BCUT2D eigenvalue weighted by Gasteiger charge is -2.37. The molecule has 0 saturated heterocycles. The third-order valence-electron chi connectivity index (χ3n) is 4.09. The summed E-state index contributed by atoms with van der Waals surface area (Å²) in [5, 5.41) is 10.1. The highest BCUT2D eigenvalue weighted by Gasteiger charge is 2.36. The molecule has 0 aromatic heterocycles. The second-order valence-corrected chi connectivity index (χ2v) is 7.20. The number of carbonyl (C=O) groups excluding carboxylic acids is 1. The summed E-state index contributed by atoms with van der Waals surface area (Å²) < 4.78 is 40.1. The fraction of sp³-hybridized carbons (Fsp3) is 0.611. The van der Waals surface area contributed by atoms with Gasteiger partial charge in [0.15, 0.2) is 0 Å². The molecule has 6 nitrogen and oxygen atoms in total. The van der Waals surface area contributed by atoms with Crippen molar-refractivity contribution in [2.45, 2.75) is 64.8 Å². The lowest BCUT2D eigenvalue weighted by atomic mass is 9.82. The molecule has 151 valence electrons. The highest BCUT2D eigenvalue weighted by atomic mass is 19.3. The highest BCUT2D eigenvalue weighted by Crippen LogP contribution is 2.29. The normalized spacial score (nSPS) is 13.5. The molecule has 0 bridgehead atoms. The average molecular weight is 386 g/mol. The van der Waals surface area contributed by atoms with Gasteiger partial charge < -0.3 is 25.0 Å². The number of alkyl halides is 2. The zero-order valence-electron chi connectivity index (χ0n) is 16.3. The van der Waals surface area contributed by atoms with E-state index in [2.05, 4.69) is 4.74 Å². The Kier molecular flexibility index (Phi) is 8.04. The van der Waals surface area contributed by atoms with E-state index in [1.807, 2.05) is 0 Å². The van der Waals surface area contributed by atoms with Gasteiger partial charge in [0.05, 0.1) is 18.3 Å². The first-order valence-corrected chi connectivity index (χ1v) is 8.59. The minimum absolute atomic E-state index is 0.0310. The molecule has 0 heterocycles. The van der Waals surface area contributed by atoms with Crippen LogP contribution in [0.1, 0.15) is 57.3 Å². The first-order valence-electron chi connectivity index (χ1n) is 8.59. The number of methoxy groups -OCH3 is 1. The van der Waals surface area contributed by atoms with Gasteiger partial charge >= 0.3 is 14.1 Å². The van der Waals surface area contributed by atoms with Gasteiger partial charge in [-0.25, -0.2) is 0 Å². The summed E-state index contributed by atoms with van der Waals surface area (Å²) in [5.41, 5.74) is 3.07. The molecule has 1 amide bonds. The molecule has 1 aromatic rings. The number of hydrogen-bond acceptors (Lipinski definition) is 5. The van der Waals surface area contributed by atoms with Crippen LogP contribution in [0.4, 0.5) is 8.78 Å². The van der Waals surface area contributed by atoms with Crippen LogP contribution in [0.25, 0.3) is 0 Å². The number of nitrogens with two attached hydrogens (primary N) is 1. The van der Waals surface area contributed by atoms with Crippen LogP contribution in [-0.4, -0.2) is 43.4 Å². The van der Waals surface area contributed by atoms with E-state index >= 15 is 0 Å². The Balaban J connectivity index is 0.00000110. The second kappa shape index (κ2) is 9.37. The van der Waals surface area contributed by atoms with E-state index in [1.165, 1.54) is 46.0 Å². The van der Waals surface area contributed by atoms with E-state index in [1.54, 1.807) is 27.7 Å². The van der Waals surface area contributed by atoms with Gasteiger partial charge in [0.25, 0.3) is 5.91 Å². The van der Waals surface area contributed by atoms with Crippen LogP contribution in [0.2, 0.25) is 0 Å². The molecule has 1 radical (unpaired) electrons. The molecule has 2 rings (SSSR count). The van der Waals surface area contributed by atoms with Gasteiger partial charge in [-0.3, -0.25) is 4.79 Å². The summed E-state index contributed by atoms with van der Waals surface area (Å²) in [4.78, 5) is 11.5. The molecule has 9 heteroatoms. The molecule has 0 aliphatic heterocycles. The number of benzene rings is 1. The summed E-state index contributed by atoms with van der Waals surface area (Å²) in [6.45, 7) is 3.33. The molecule has 1 fully saturated rings. The summed E-state index contributed by atoms with van der Waals surface area (Å²) in [5.74, 6) is -1.42. The number of primary amides is 1. The maximum atomic E-state index is 12.6. The second-order valence-electron chi connectivity index (χ2n) is 7.20. The summed E-state index contributed by atoms with van der Waals surface area (Å²) >= 11 is 0. The van der Waals surface area contributed by atoms with Gasteiger partial charge in [-0.05, 0) is 45.3 Å². The zero-order chi connectivity index (χ0) is 20.8. The van der Waals surface area contributed by atoms with Crippen LogP contribution in [-0.2, 0) is 4.65 Å². The minimum atomic E-state index is -3.14. The summed E-state index contributed by atoms with van der Waals surface area (Å²) in [6.07, 6.45) is 4.50. The fourth-order valence-corrected chi connectivity index (χ4v) is 1.63. The number of ether oxygens (including phenoxy) is 2. The van der Waals surface area contributed by atoms with Gasteiger partial charge in [0.1, 0.15) is 17.1 Å². The van der Waals surface area contributed by atoms with Crippen molar-refractivity contribution in [3.63, 3.8) is 0 Å². The van der Waals surface area contributed by atoms with E-state index in [0.717, 1.165) is 0 Å². The molecule has 0 spiro atoms. The van der Waals surface area contributed by atoms with Crippen molar-refractivity contribution in [1.29, 1.82) is 0 Å². The van der Waals surface area contributed by atoms with E-state index in [9.17, 15) is 18.7 Å². The van der Waals surface area contributed by atoms with Crippen LogP contribution in [0.5, 0.6) is 11.5 Å². The monoisotopic (exact) mass is 386 g/mol. The Morgan fingerprint density at radius 3 is 2.07 bits per heavy atom. The molecule has 1 aliphatic carbocycles. The van der Waals surface area contributed by atoms with Crippen molar-refractivity contribution in [2.75, 3.05) is 7.11 Å². The average Bonchev–Trinajstić information content (AvgIpc) is 3.39. The maximum absolute atomic E-state index is 12.6. The number of halogens is 2. The van der Waals surface area contributed by atoms with E-state index < -0.39 is 29.5 Å². The number of carbonyl (C=O) groups is 1. The number of hydrogen-bond donors (Lipinski definition) is 2. The van der Waals surface area contributed by atoms with Crippen molar-refractivity contribution in [3.05, 3.63) is 17.7 Å². The fourth-order valence-electron chi connectivity index (χ4n) is 1.63. The lowest BCUT2D eigenvalue weighted by Crippen LogP contribution is -2.49. The predicted molar refractivity (Wildman–Crippen MR) is 98.8 cm³/mol. The molecular weight excluding hydrogens is 359 g/mol. The highest BCUT2D eigenvalue weighted by molar-refractivity contribution is 6.47. The van der Waals surface area contributed by atoms with E-state index in [4.69, 9.17) is 15.1 Å². The smallest absolute Gasteiger partial charge is 0.387 e. The van der Waals surface area contributed by atoms with Gasteiger partial charge in [-0.2, -0.15) is 8.78 Å². The molecule has 3 N–H and O–H groups in total. The molecular formula is C18H27BF2NO5. The third kappa shape index (κ3) is 7.34. The first kappa shape index (κ1) is 23.2. The Labute approximate surface area is 159 Å². The van der Waals surface area contributed by atoms with Gasteiger partial charge in [-0.1, -0.05) is 19.3 Å². The van der Waals surface area contributed by atoms with Crippen LogP contribution >= 0.6 is 0 Å². The molecule has 1 aromatic carbocycles. The Morgan fingerprint density at radius 1 is 1.19 bits per heavy atom.